The quantitative estimate of drug-likeness (QED) is 0.550. The Morgan fingerprint density at radius 1 is 1.00 bits per heavy atom. The highest BCUT2D eigenvalue weighted by Crippen LogP contribution is 2.14. The number of hydrogen-bond donors (Lipinski definition) is 2. The zero-order valence-corrected chi connectivity index (χ0v) is 13.3. The van der Waals surface area contributed by atoms with Crippen LogP contribution in [-0.2, 0) is 0 Å². The number of aromatic nitrogens is 5. The molecule has 7 heteroatoms. The molecule has 3 heterocycles. The normalized spacial score (nSPS) is 11.0. The second-order valence-electron chi connectivity index (χ2n) is 5.50. The standard InChI is InChI=1S/C17H17N7/c1-12-10-16(24-17(22-12)20-11-21-24)19-9-8-18-15-7-6-13-4-2-3-5-14(13)23-15/h2-7,10-11,19H,8-9H2,1H3,(H,18,23). The van der Waals surface area contributed by atoms with E-state index in [1.54, 1.807) is 4.52 Å². The van der Waals surface area contributed by atoms with Crippen LogP contribution in [0.15, 0.2) is 48.8 Å². The first kappa shape index (κ1) is 14.4. The Morgan fingerprint density at radius 3 is 2.83 bits per heavy atom. The molecule has 0 saturated carbocycles. The summed E-state index contributed by atoms with van der Waals surface area (Å²) in [6.07, 6.45) is 1.50. The third-order valence-corrected chi connectivity index (χ3v) is 3.72. The van der Waals surface area contributed by atoms with Crippen molar-refractivity contribution in [2.75, 3.05) is 23.7 Å². The van der Waals surface area contributed by atoms with Crippen molar-refractivity contribution in [2.24, 2.45) is 0 Å². The summed E-state index contributed by atoms with van der Waals surface area (Å²) >= 11 is 0. The molecule has 1 aromatic carbocycles. The number of benzene rings is 1. The largest absolute Gasteiger partial charge is 0.368 e. The maximum absolute atomic E-state index is 4.60. The van der Waals surface area contributed by atoms with Crippen LogP contribution in [0.25, 0.3) is 16.7 Å². The summed E-state index contributed by atoms with van der Waals surface area (Å²) in [4.78, 5) is 13.0. The monoisotopic (exact) mass is 319 g/mol. The first-order valence-electron chi connectivity index (χ1n) is 7.80. The summed E-state index contributed by atoms with van der Waals surface area (Å²) in [7, 11) is 0. The summed E-state index contributed by atoms with van der Waals surface area (Å²) in [6.45, 7) is 3.41. The summed E-state index contributed by atoms with van der Waals surface area (Å²) in [5.74, 6) is 2.34. The van der Waals surface area contributed by atoms with E-state index in [0.717, 1.165) is 41.3 Å². The highest BCUT2D eigenvalue weighted by atomic mass is 15.3. The Kier molecular flexibility index (Phi) is 3.66. The summed E-state index contributed by atoms with van der Waals surface area (Å²) in [5, 5.41) is 12.0. The molecule has 0 fully saturated rings. The molecule has 7 nitrogen and oxygen atoms in total. The van der Waals surface area contributed by atoms with E-state index in [2.05, 4.69) is 42.8 Å². The number of hydrogen-bond acceptors (Lipinski definition) is 6. The molecule has 2 N–H and O–H groups in total. The SMILES string of the molecule is Cc1cc(NCCNc2ccc3ccccc3n2)n2ncnc2n1. The van der Waals surface area contributed by atoms with Gasteiger partial charge in [-0.15, -0.1) is 0 Å². The van der Waals surface area contributed by atoms with Crippen molar-refractivity contribution in [3.63, 3.8) is 0 Å². The number of pyridine rings is 1. The van der Waals surface area contributed by atoms with Crippen LogP contribution in [0.1, 0.15) is 5.69 Å². The lowest BCUT2D eigenvalue weighted by atomic mass is 10.2. The lowest BCUT2D eigenvalue weighted by Gasteiger charge is -2.10. The van der Waals surface area contributed by atoms with Gasteiger partial charge in [-0.3, -0.25) is 0 Å². The van der Waals surface area contributed by atoms with Crippen LogP contribution < -0.4 is 10.6 Å². The summed E-state index contributed by atoms with van der Waals surface area (Å²) in [5.41, 5.74) is 1.90. The number of para-hydroxylation sites is 1. The minimum Gasteiger partial charge on any atom is -0.368 e. The Bertz CT molecular complexity index is 992. The number of nitrogens with one attached hydrogen (secondary N) is 2. The lowest BCUT2D eigenvalue weighted by Crippen LogP contribution is -2.16. The van der Waals surface area contributed by atoms with Gasteiger partial charge < -0.3 is 10.6 Å². The van der Waals surface area contributed by atoms with Crippen LogP contribution in [0.2, 0.25) is 0 Å². The van der Waals surface area contributed by atoms with Gasteiger partial charge in [0.1, 0.15) is 18.0 Å². The van der Waals surface area contributed by atoms with Crippen LogP contribution in [0.3, 0.4) is 0 Å². The van der Waals surface area contributed by atoms with Crippen molar-refractivity contribution in [1.82, 2.24) is 24.6 Å². The van der Waals surface area contributed by atoms with E-state index >= 15 is 0 Å². The van der Waals surface area contributed by atoms with Crippen LogP contribution in [0.4, 0.5) is 11.6 Å². The number of nitrogens with zero attached hydrogens (tertiary/aromatic N) is 5. The van der Waals surface area contributed by atoms with Crippen LogP contribution in [0, 0.1) is 6.92 Å². The Labute approximate surface area is 138 Å². The van der Waals surface area contributed by atoms with Crippen LogP contribution in [-0.4, -0.2) is 37.7 Å². The summed E-state index contributed by atoms with van der Waals surface area (Å²) < 4.78 is 1.70. The Hall–Kier alpha value is -3.22. The molecule has 0 aliphatic heterocycles. The number of fused-ring (bicyclic) bond motifs is 2. The highest BCUT2D eigenvalue weighted by molar-refractivity contribution is 5.80. The van der Waals surface area contributed by atoms with Crippen molar-refractivity contribution in [1.29, 1.82) is 0 Å². The van der Waals surface area contributed by atoms with Gasteiger partial charge in [-0.1, -0.05) is 18.2 Å². The molecule has 0 bridgehead atoms. The second-order valence-corrected chi connectivity index (χ2v) is 5.50. The van der Waals surface area contributed by atoms with Crippen molar-refractivity contribution in [3.05, 3.63) is 54.5 Å². The molecule has 0 radical (unpaired) electrons. The fourth-order valence-corrected chi connectivity index (χ4v) is 2.60. The molecule has 120 valence electrons. The molecule has 0 spiro atoms. The van der Waals surface area contributed by atoms with Gasteiger partial charge >= 0.3 is 0 Å². The molecule has 3 aromatic heterocycles. The fraction of sp³-hybridized carbons (Fsp3) is 0.176. The summed E-state index contributed by atoms with van der Waals surface area (Å²) in [6, 6.07) is 14.1. The zero-order valence-electron chi connectivity index (χ0n) is 13.3. The molecule has 0 unspecified atom stereocenters. The van der Waals surface area contributed by atoms with E-state index in [1.165, 1.54) is 6.33 Å². The molecule has 0 saturated heterocycles. The van der Waals surface area contributed by atoms with Gasteiger partial charge in [0, 0.05) is 30.2 Å². The van der Waals surface area contributed by atoms with Crippen LogP contribution >= 0.6 is 0 Å². The van der Waals surface area contributed by atoms with Gasteiger partial charge in [0.2, 0.25) is 0 Å². The van der Waals surface area contributed by atoms with Gasteiger partial charge in [0.25, 0.3) is 5.78 Å². The minimum atomic E-state index is 0.599. The number of aryl methyl sites for hydroxylation is 1. The first-order valence-corrected chi connectivity index (χ1v) is 7.80. The van der Waals surface area contributed by atoms with Crippen molar-refractivity contribution >= 4 is 28.3 Å². The zero-order chi connectivity index (χ0) is 16.4. The third-order valence-electron chi connectivity index (χ3n) is 3.72. The molecule has 0 aliphatic carbocycles. The van der Waals surface area contributed by atoms with E-state index in [9.17, 15) is 0 Å². The molecule has 24 heavy (non-hydrogen) atoms. The van der Waals surface area contributed by atoms with E-state index in [0.29, 0.717) is 5.78 Å². The van der Waals surface area contributed by atoms with Crippen LogP contribution in [0.5, 0.6) is 0 Å². The van der Waals surface area contributed by atoms with Crippen molar-refractivity contribution < 1.29 is 0 Å². The second kappa shape index (κ2) is 6.11. The smallest absolute Gasteiger partial charge is 0.254 e. The predicted octanol–water partition coefficient (Wildman–Crippen LogP) is 2.50. The Balaban J connectivity index is 1.40. The fourth-order valence-electron chi connectivity index (χ4n) is 2.60. The van der Waals surface area contributed by atoms with Crippen molar-refractivity contribution in [2.45, 2.75) is 6.92 Å². The molecular formula is C17H17N7. The van der Waals surface area contributed by atoms with Gasteiger partial charge in [-0.2, -0.15) is 14.6 Å². The van der Waals surface area contributed by atoms with Crippen molar-refractivity contribution in [3.8, 4) is 0 Å². The topological polar surface area (TPSA) is 80.0 Å². The minimum absolute atomic E-state index is 0.599. The van der Waals surface area contributed by atoms with Gasteiger partial charge in [0.15, 0.2) is 0 Å². The molecular weight excluding hydrogens is 302 g/mol. The Morgan fingerprint density at radius 2 is 1.88 bits per heavy atom. The molecule has 4 aromatic rings. The van der Waals surface area contributed by atoms with Gasteiger partial charge in [-0.25, -0.2) is 9.97 Å². The lowest BCUT2D eigenvalue weighted by molar-refractivity contribution is 0.914. The first-order chi connectivity index (χ1) is 11.8. The average molecular weight is 319 g/mol. The maximum atomic E-state index is 4.60. The molecule has 0 atom stereocenters. The predicted molar refractivity (Wildman–Crippen MR) is 94.2 cm³/mol. The molecule has 0 aliphatic rings. The highest BCUT2D eigenvalue weighted by Gasteiger charge is 2.04. The molecule has 0 amide bonds. The van der Waals surface area contributed by atoms with Gasteiger partial charge in [0.05, 0.1) is 5.52 Å². The van der Waals surface area contributed by atoms with E-state index in [-0.39, 0.29) is 0 Å². The maximum Gasteiger partial charge on any atom is 0.254 e. The van der Waals surface area contributed by atoms with Gasteiger partial charge in [-0.05, 0) is 25.1 Å². The third kappa shape index (κ3) is 2.83. The average Bonchev–Trinajstić information content (AvgIpc) is 3.07. The van der Waals surface area contributed by atoms with E-state index < -0.39 is 0 Å². The molecule has 4 rings (SSSR count). The number of anilines is 2. The number of rotatable bonds is 5. The van der Waals surface area contributed by atoms with E-state index in [1.807, 2.05) is 37.3 Å². The van der Waals surface area contributed by atoms with E-state index in [4.69, 9.17) is 0 Å².